The minimum atomic E-state index is -0.358. The summed E-state index contributed by atoms with van der Waals surface area (Å²) in [5.41, 5.74) is 3.15. The smallest absolute Gasteiger partial charge is 0.249 e. The van der Waals surface area contributed by atoms with Gasteiger partial charge in [0.1, 0.15) is 6.04 Å². The lowest BCUT2D eigenvalue weighted by Crippen LogP contribution is -2.13. The summed E-state index contributed by atoms with van der Waals surface area (Å²) in [5.74, 6) is 0.805. The molecule has 3 aromatic carbocycles. The molecule has 29 heavy (non-hydrogen) atoms. The Kier molecular flexibility index (Phi) is 5.40. The van der Waals surface area contributed by atoms with Crippen LogP contribution in [0.4, 0.5) is 5.69 Å². The number of carbonyl (C=O) groups excluding carboxylic acids is 1. The SMILES string of the molecule is CC(=O)c1ccc(N[C@@H](c2ccccc2)c2nnc(-c3ccccc3Cl)o2)cc1. The Balaban J connectivity index is 1.69. The molecule has 4 rings (SSSR count). The first-order chi connectivity index (χ1) is 14.1. The molecule has 0 saturated heterocycles. The lowest BCUT2D eigenvalue weighted by atomic mass is 10.1. The molecular weight excluding hydrogens is 386 g/mol. The van der Waals surface area contributed by atoms with Crippen molar-refractivity contribution in [1.29, 1.82) is 0 Å². The van der Waals surface area contributed by atoms with Gasteiger partial charge in [0.25, 0.3) is 0 Å². The highest BCUT2D eigenvalue weighted by atomic mass is 35.5. The zero-order valence-corrected chi connectivity index (χ0v) is 16.4. The van der Waals surface area contributed by atoms with Crippen LogP contribution in [-0.4, -0.2) is 16.0 Å². The highest BCUT2D eigenvalue weighted by Gasteiger charge is 2.22. The minimum Gasteiger partial charge on any atom is -0.418 e. The molecule has 1 N–H and O–H groups in total. The monoisotopic (exact) mass is 403 g/mol. The van der Waals surface area contributed by atoms with Gasteiger partial charge < -0.3 is 9.73 Å². The van der Waals surface area contributed by atoms with Gasteiger partial charge in [-0.25, -0.2) is 0 Å². The summed E-state index contributed by atoms with van der Waals surface area (Å²) in [6, 6.07) is 24.1. The number of hydrogen-bond acceptors (Lipinski definition) is 5. The van der Waals surface area contributed by atoms with Gasteiger partial charge in [-0.1, -0.05) is 54.1 Å². The number of benzene rings is 3. The van der Waals surface area contributed by atoms with Gasteiger partial charge in [0.15, 0.2) is 5.78 Å². The van der Waals surface area contributed by atoms with Crippen LogP contribution < -0.4 is 5.32 Å². The summed E-state index contributed by atoms with van der Waals surface area (Å²) in [4.78, 5) is 11.5. The molecule has 6 heteroatoms. The Hall–Kier alpha value is -3.44. The van der Waals surface area contributed by atoms with E-state index >= 15 is 0 Å². The van der Waals surface area contributed by atoms with E-state index in [2.05, 4.69) is 15.5 Å². The number of rotatable bonds is 6. The van der Waals surface area contributed by atoms with E-state index in [4.69, 9.17) is 16.0 Å². The third-order valence-corrected chi connectivity index (χ3v) is 4.86. The van der Waals surface area contributed by atoms with E-state index in [1.807, 2.05) is 60.7 Å². The molecule has 0 aliphatic rings. The van der Waals surface area contributed by atoms with Gasteiger partial charge in [-0.2, -0.15) is 0 Å². The van der Waals surface area contributed by atoms with Crippen molar-refractivity contribution in [3.63, 3.8) is 0 Å². The standard InChI is InChI=1S/C23H18ClN3O2/c1-15(28)16-11-13-18(14-12-16)25-21(17-7-3-2-4-8-17)23-27-26-22(29-23)19-9-5-6-10-20(19)24/h2-14,21,25H,1H3/t21-/m0/s1. The van der Waals surface area contributed by atoms with E-state index in [9.17, 15) is 4.79 Å². The molecule has 4 aromatic rings. The molecule has 0 fully saturated rings. The summed E-state index contributed by atoms with van der Waals surface area (Å²) in [7, 11) is 0. The fourth-order valence-electron chi connectivity index (χ4n) is 3.00. The van der Waals surface area contributed by atoms with Crippen molar-refractivity contribution in [3.05, 3.63) is 101 Å². The van der Waals surface area contributed by atoms with Gasteiger partial charge in [0, 0.05) is 11.3 Å². The van der Waals surface area contributed by atoms with Gasteiger partial charge >= 0.3 is 0 Å². The molecule has 0 saturated carbocycles. The number of hydrogen-bond donors (Lipinski definition) is 1. The lowest BCUT2D eigenvalue weighted by Gasteiger charge is -2.17. The molecule has 0 aliphatic carbocycles. The zero-order chi connectivity index (χ0) is 20.2. The first-order valence-corrected chi connectivity index (χ1v) is 9.50. The van der Waals surface area contributed by atoms with Crippen LogP contribution in [0.25, 0.3) is 11.5 Å². The maximum Gasteiger partial charge on any atom is 0.249 e. The molecule has 0 amide bonds. The fourth-order valence-corrected chi connectivity index (χ4v) is 3.21. The second kappa shape index (κ2) is 8.29. The van der Waals surface area contributed by atoms with E-state index in [-0.39, 0.29) is 11.8 Å². The molecule has 5 nitrogen and oxygen atoms in total. The van der Waals surface area contributed by atoms with Crippen molar-refractivity contribution in [3.8, 4) is 11.5 Å². The molecule has 0 unspecified atom stereocenters. The Labute approximate surface area is 173 Å². The average molecular weight is 404 g/mol. The molecule has 1 aromatic heterocycles. The maximum absolute atomic E-state index is 11.5. The van der Waals surface area contributed by atoms with Crippen LogP contribution in [0.3, 0.4) is 0 Å². The normalized spacial score (nSPS) is 11.8. The van der Waals surface area contributed by atoms with Gasteiger partial charge in [0.2, 0.25) is 11.8 Å². The van der Waals surface area contributed by atoms with Crippen molar-refractivity contribution >= 4 is 23.1 Å². The lowest BCUT2D eigenvalue weighted by molar-refractivity contribution is 0.101. The quantitative estimate of drug-likeness (QED) is 0.412. The van der Waals surface area contributed by atoms with Crippen molar-refractivity contribution in [1.82, 2.24) is 10.2 Å². The van der Waals surface area contributed by atoms with Crippen LogP contribution in [0, 0.1) is 0 Å². The topological polar surface area (TPSA) is 68.0 Å². The number of nitrogens with zero attached hydrogens (tertiary/aromatic N) is 2. The second-order valence-corrected chi connectivity index (χ2v) is 6.95. The van der Waals surface area contributed by atoms with Gasteiger partial charge in [-0.3, -0.25) is 4.79 Å². The molecule has 144 valence electrons. The molecule has 0 bridgehead atoms. The van der Waals surface area contributed by atoms with Crippen LogP contribution in [-0.2, 0) is 0 Å². The zero-order valence-electron chi connectivity index (χ0n) is 15.7. The number of nitrogens with one attached hydrogen (secondary N) is 1. The third-order valence-electron chi connectivity index (χ3n) is 4.53. The summed E-state index contributed by atoms with van der Waals surface area (Å²) >= 11 is 6.26. The summed E-state index contributed by atoms with van der Waals surface area (Å²) in [6.45, 7) is 1.55. The largest absolute Gasteiger partial charge is 0.418 e. The molecule has 1 atom stereocenters. The van der Waals surface area contributed by atoms with E-state index in [1.54, 1.807) is 25.1 Å². The van der Waals surface area contributed by atoms with Crippen molar-refractivity contribution < 1.29 is 9.21 Å². The van der Waals surface area contributed by atoms with E-state index < -0.39 is 0 Å². The Bertz CT molecular complexity index is 1120. The number of aromatic nitrogens is 2. The highest BCUT2D eigenvalue weighted by Crippen LogP contribution is 2.31. The van der Waals surface area contributed by atoms with Crippen molar-refractivity contribution in [2.45, 2.75) is 13.0 Å². The summed E-state index contributed by atoms with van der Waals surface area (Å²) in [6.07, 6.45) is 0. The highest BCUT2D eigenvalue weighted by molar-refractivity contribution is 6.33. The van der Waals surface area contributed by atoms with Crippen molar-refractivity contribution in [2.75, 3.05) is 5.32 Å². The molecule has 0 radical (unpaired) electrons. The van der Waals surface area contributed by atoms with Crippen LogP contribution in [0.1, 0.15) is 34.8 Å². The summed E-state index contributed by atoms with van der Waals surface area (Å²) in [5, 5.41) is 12.4. The second-order valence-electron chi connectivity index (χ2n) is 6.55. The Morgan fingerprint density at radius 1 is 0.931 bits per heavy atom. The van der Waals surface area contributed by atoms with E-state index in [0.29, 0.717) is 27.9 Å². The number of halogens is 1. The number of Topliss-reactive ketones (excluding diaryl/α,β-unsaturated/α-hetero) is 1. The van der Waals surface area contributed by atoms with Crippen LogP contribution in [0.5, 0.6) is 0 Å². The van der Waals surface area contributed by atoms with E-state index in [0.717, 1.165) is 11.3 Å². The van der Waals surface area contributed by atoms with Crippen LogP contribution >= 0.6 is 11.6 Å². The molecule has 1 heterocycles. The number of ketones is 1. The van der Waals surface area contributed by atoms with Crippen LogP contribution in [0.15, 0.2) is 83.3 Å². The third kappa shape index (κ3) is 4.20. The average Bonchev–Trinajstić information content (AvgIpc) is 3.23. The predicted octanol–water partition coefficient (Wildman–Crippen LogP) is 5.79. The number of anilines is 1. The van der Waals surface area contributed by atoms with Crippen molar-refractivity contribution in [2.24, 2.45) is 0 Å². The first kappa shape index (κ1) is 18.9. The van der Waals surface area contributed by atoms with E-state index in [1.165, 1.54) is 0 Å². The van der Waals surface area contributed by atoms with Gasteiger partial charge in [-0.05, 0) is 48.9 Å². The van der Waals surface area contributed by atoms with Gasteiger partial charge in [0.05, 0.1) is 10.6 Å². The fraction of sp³-hybridized carbons (Fsp3) is 0.0870. The predicted molar refractivity (Wildman–Crippen MR) is 113 cm³/mol. The maximum atomic E-state index is 11.5. The number of carbonyl (C=O) groups is 1. The molecular formula is C23H18ClN3O2. The molecule has 0 spiro atoms. The first-order valence-electron chi connectivity index (χ1n) is 9.12. The Morgan fingerprint density at radius 3 is 2.31 bits per heavy atom. The van der Waals surface area contributed by atoms with Gasteiger partial charge in [-0.15, -0.1) is 10.2 Å². The minimum absolute atomic E-state index is 0.0254. The Morgan fingerprint density at radius 2 is 1.62 bits per heavy atom. The molecule has 0 aliphatic heterocycles. The van der Waals surface area contributed by atoms with Crippen LogP contribution in [0.2, 0.25) is 5.02 Å². The summed E-state index contributed by atoms with van der Waals surface area (Å²) < 4.78 is 5.98.